The largest absolute Gasteiger partial charge is 0.370 e. The topological polar surface area (TPSA) is 120 Å². The van der Waals surface area contributed by atoms with E-state index in [0.717, 1.165) is 38.5 Å². The minimum absolute atomic E-state index is 0. The van der Waals surface area contributed by atoms with Gasteiger partial charge in [0.15, 0.2) is 5.96 Å². The Hall–Kier alpha value is -1.76. The number of unbranched alkanes of at least 4 members (excludes halogenated alkanes) is 20. The molecule has 0 aliphatic heterocycles. The highest BCUT2D eigenvalue weighted by Crippen LogP contribution is 2.12. The highest BCUT2D eigenvalue weighted by Gasteiger charge is 2.20. The molecule has 0 aliphatic rings. The van der Waals surface area contributed by atoms with Gasteiger partial charge in [-0.1, -0.05) is 135 Å². The smallest absolute Gasteiger partial charge is 0.242 e. The SMILES string of the molecule is CCCCCCCC/C=C/CCCCCCCC(=O)N[C@@H](CCCNC(=N)N)C(=O)NCCCCCCCCCCCC.Cl. The van der Waals surface area contributed by atoms with Crippen LogP contribution in [0.2, 0.25) is 0 Å². The molecule has 0 aliphatic carbocycles. The first-order valence-corrected chi connectivity index (χ1v) is 18.3. The molecule has 0 radical (unpaired) electrons. The van der Waals surface area contributed by atoms with Crippen LogP contribution in [0.5, 0.6) is 0 Å². The summed E-state index contributed by atoms with van der Waals surface area (Å²) in [7, 11) is 0. The monoisotopic (exact) mass is 642 g/mol. The van der Waals surface area contributed by atoms with Crippen molar-refractivity contribution in [2.45, 2.75) is 187 Å². The van der Waals surface area contributed by atoms with Crippen LogP contribution in [0.15, 0.2) is 12.2 Å². The molecule has 2 amide bonds. The Bertz CT molecular complexity index is 689. The van der Waals surface area contributed by atoms with Crippen molar-refractivity contribution < 1.29 is 9.59 Å². The molecule has 7 nitrogen and oxygen atoms in total. The van der Waals surface area contributed by atoms with Gasteiger partial charge in [-0.05, 0) is 51.4 Å². The lowest BCUT2D eigenvalue weighted by molar-refractivity contribution is -0.129. The number of rotatable bonds is 32. The predicted octanol–water partition coefficient (Wildman–Crippen LogP) is 9.23. The molecule has 0 rings (SSSR count). The van der Waals surface area contributed by atoms with Crippen LogP contribution in [0.1, 0.15) is 181 Å². The third kappa shape index (κ3) is 33.1. The van der Waals surface area contributed by atoms with Crippen LogP contribution < -0.4 is 21.7 Å². The van der Waals surface area contributed by atoms with Crippen LogP contribution in [0, 0.1) is 5.41 Å². The molecule has 8 heteroatoms. The van der Waals surface area contributed by atoms with Crippen molar-refractivity contribution in [2.75, 3.05) is 13.1 Å². The number of hydrogen-bond acceptors (Lipinski definition) is 3. The molecule has 260 valence electrons. The summed E-state index contributed by atoms with van der Waals surface area (Å²) in [6, 6.07) is -0.535. The lowest BCUT2D eigenvalue weighted by atomic mass is 10.1. The molecule has 0 unspecified atom stereocenters. The number of carbonyl (C=O) groups excluding carboxylic acids is 2. The Kier molecular flexibility index (Phi) is 36.0. The van der Waals surface area contributed by atoms with Gasteiger partial charge in [-0.2, -0.15) is 0 Å². The zero-order valence-electron chi connectivity index (χ0n) is 28.8. The molecule has 0 heterocycles. The first-order valence-electron chi connectivity index (χ1n) is 18.3. The number of guanidine groups is 1. The number of allylic oxidation sites excluding steroid dienone is 2. The molecule has 44 heavy (non-hydrogen) atoms. The lowest BCUT2D eigenvalue weighted by Crippen LogP contribution is -2.47. The van der Waals surface area contributed by atoms with Gasteiger partial charge in [0.25, 0.3) is 0 Å². The van der Waals surface area contributed by atoms with Gasteiger partial charge < -0.3 is 21.7 Å². The van der Waals surface area contributed by atoms with Gasteiger partial charge in [-0.3, -0.25) is 15.0 Å². The maximum absolute atomic E-state index is 12.9. The van der Waals surface area contributed by atoms with Crippen molar-refractivity contribution >= 4 is 30.2 Å². The Morgan fingerprint density at radius 2 is 1.05 bits per heavy atom. The quantitative estimate of drug-likeness (QED) is 0.0218. The highest BCUT2D eigenvalue weighted by molar-refractivity contribution is 5.87. The first-order chi connectivity index (χ1) is 21.0. The van der Waals surface area contributed by atoms with Crippen LogP contribution in [-0.4, -0.2) is 36.9 Å². The number of amides is 2. The Labute approximate surface area is 278 Å². The van der Waals surface area contributed by atoms with Gasteiger partial charge in [0.1, 0.15) is 6.04 Å². The number of hydrogen-bond donors (Lipinski definition) is 5. The number of nitrogens with one attached hydrogen (secondary N) is 4. The summed E-state index contributed by atoms with van der Waals surface area (Å²) >= 11 is 0. The molecule has 0 aromatic rings. The van der Waals surface area contributed by atoms with Crippen molar-refractivity contribution in [3.63, 3.8) is 0 Å². The molecule has 6 N–H and O–H groups in total. The van der Waals surface area contributed by atoms with Crippen molar-refractivity contribution in [3.8, 4) is 0 Å². The molecule has 0 saturated carbocycles. The first kappa shape index (κ1) is 44.4. The van der Waals surface area contributed by atoms with E-state index in [2.05, 4.69) is 41.9 Å². The molecule has 0 saturated heterocycles. The second kappa shape index (κ2) is 35.7. The summed E-state index contributed by atoms with van der Waals surface area (Å²) < 4.78 is 0. The van der Waals surface area contributed by atoms with E-state index in [0.29, 0.717) is 32.4 Å². The van der Waals surface area contributed by atoms with Crippen LogP contribution in [0.3, 0.4) is 0 Å². The maximum Gasteiger partial charge on any atom is 0.242 e. The lowest BCUT2D eigenvalue weighted by Gasteiger charge is -2.19. The second-order valence-electron chi connectivity index (χ2n) is 12.4. The summed E-state index contributed by atoms with van der Waals surface area (Å²) in [6.07, 6.45) is 35.0. The zero-order chi connectivity index (χ0) is 31.6. The standard InChI is InChI=1S/C36H71N5O2.ClH/c1-3-5-7-9-11-13-15-16-17-18-19-20-22-24-26-30-34(42)41-33(29-28-32-40-36(37)38)35(43)39-31-27-25-23-21-14-12-10-8-6-4-2;/h16-17,33H,3-15,18-32H2,1-2H3,(H,39,43)(H,41,42)(H4,37,38,40);1H/b17-16+;/t33-;/m0./s1. The molecule has 1 atom stereocenters. The molecule has 0 aromatic carbocycles. The van der Waals surface area contributed by atoms with Crippen molar-refractivity contribution in [1.82, 2.24) is 16.0 Å². The molecule has 0 fully saturated rings. The average Bonchev–Trinajstić information content (AvgIpc) is 2.99. The average molecular weight is 642 g/mol. The van der Waals surface area contributed by atoms with Crippen LogP contribution in [0.25, 0.3) is 0 Å². The van der Waals surface area contributed by atoms with Gasteiger partial charge >= 0.3 is 0 Å². The van der Waals surface area contributed by atoms with E-state index in [1.165, 1.54) is 109 Å². The summed E-state index contributed by atoms with van der Waals surface area (Å²) in [6.45, 7) is 5.68. The van der Waals surface area contributed by atoms with Crippen LogP contribution >= 0.6 is 12.4 Å². The maximum atomic E-state index is 12.9. The van der Waals surface area contributed by atoms with E-state index in [1.54, 1.807) is 0 Å². The molecular weight excluding hydrogens is 570 g/mol. The Balaban J connectivity index is 0. The third-order valence-corrected chi connectivity index (χ3v) is 8.13. The minimum atomic E-state index is -0.535. The van der Waals surface area contributed by atoms with Crippen molar-refractivity contribution in [3.05, 3.63) is 12.2 Å². The Morgan fingerprint density at radius 3 is 1.55 bits per heavy atom. The predicted molar refractivity (Wildman–Crippen MR) is 193 cm³/mol. The van der Waals surface area contributed by atoms with E-state index in [9.17, 15) is 9.59 Å². The minimum Gasteiger partial charge on any atom is -0.370 e. The van der Waals surface area contributed by atoms with Gasteiger partial charge in [0.2, 0.25) is 11.8 Å². The Morgan fingerprint density at radius 1 is 0.614 bits per heavy atom. The zero-order valence-corrected chi connectivity index (χ0v) is 29.6. The van der Waals surface area contributed by atoms with Gasteiger partial charge in [-0.25, -0.2) is 0 Å². The summed E-state index contributed by atoms with van der Waals surface area (Å²) in [4.78, 5) is 25.5. The number of halogens is 1. The third-order valence-electron chi connectivity index (χ3n) is 8.13. The van der Waals surface area contributed by atoms with E-state index in [-0.39, 0.29) is 30.2 Å². The summed E-state index contributed by atoms with van der Waals surface area (Å²) in [5.74, 6) is -0.219. The molecule has 0 aromatic heterocycles. The summed E-state index contributed by atoms with van der Waals surface area (Å²) in [5.41, 5.74) is 5.37. The van der Waals surface area contributed by atoms with E-state index in [1.807, 2.05) is 0 Å². The van der Waals surface area contributed by atoms with Gasteiger partial charge in [-0.15, -0.1) is 12.4 Å². The van der Waals surface area contributed by atoms with Crippen LogP contribution in [0.4, 0.5) is 0 Å². The normalized spacial score (nSPS) is 11.7. The molecule has 0 bridgehead atoms. The van der Waals surface area contributed by atoms with Gasteiger partial charge in [0, 0.05) is 19.5 Å². The molecule has 0 spiro atoms. The summed E-state index contributed by atoms with van der Waals surface area (Å²) in [5, 5.41) is 16.1. The number of nitrogens with two attached hydrogens (primary N) is 1. The van der Waals surface area contributed by atoms with E-state index < -0.39 is 6.04 Å². The van der Waals surface area contributed by atoms with Crippen molar-refractivity contribution in [1.29, 1.82) is 5.41 Å². The fraction of sp³-hybridized carbons (Fsp3) is 0.861. The number of carbonyl (C=O) groups is 2. The van der Waals surface area contributed by atoms with E-state index >= 15 is 0 Å². The molecular formula is C36H72ClN5O2. The van der Waals surface area contributed by atoms with Gasteiger partial charge in [0.05, 0.1) is 0 Å². The second-order valence-corrected chi connectivity index (χ2v) is 12.4. The fourth-order valence-corrected chi connectivity index (χ4v) is 5.37. The van der Waals surface area contributed by atoms with Crippen molar-refractivity contribution in [2.24, 2.45) is 5.73 Å². The van der Waals surface area contributed by atoms with Crippen LogP contribution in [-0.2, 0) is 9.59 Å². The fourth-order valence-electron chi connectivity index (χ4n) is 5.37. The highest BCUT2D eigenvalue weighted by atomic mass is 35.5. The van der Waals surface area contributed by atoms with E-state index in [4.69, 9.17) is 11.1 Å².